The second-order valence-corrected chi connectivity index (χ2v) is 4.73. The molecule has 1 nitrogen and oxygen atoms in total. The van der Waals surface area contributed by atoms with Crippen LogP contribution < -0.4 is 5.73 Å². The zero-order valence-corrected chi connectivity index (χ0v) is 9.54. The van der Waals surface area contributed by atoms with Crippen molar-refractivity contribution in [2.75, 3.05) is 0 Å². The Morgan fingerprint density at radius 1 is 1.07 bits per heavy atom. The molecule has 1 heteroatoms. The number of hydrogen-bond acceptors (Lipinski definition) is 1. The third-order valence-electron chi connectivity index (χ3n) is 2.84. The third-order valence-corrected chi connectivity index (χ3v) is 2.84. The van der Waals surface area contributed by atoms with Crippen LogP contribution in [-0.4, -0.2) is 0 Å². The van der Waals surface area contributed by atoms with Gasteiger partial charge in [0.25, 0.3) is 0 Å². The lowest BCUT2D eigenvalue weighted by Crippen LogP contribution is -2.28. The maximum absolute atomic E-state index is 6.09. The van der Waals surface area contributed by atoms with E-state index in [9.17, 15) is 0 Å². The molecule has 2 N–H and O–H groups in total. The van der Waals surface area contributed by atoms with E-state index in [-0.39, 0.29) is 5.54 Å². The highest BCUT2D eigenvalue weighted by Gasteiger charge is 2.13. The van der Waals surface area contributed by atoms with Crippen LogP contribution in [0.2, 0.25) is 0 Å². The van der Waals surface area contributed by atoms with Crippen LogP contribution in [0, 0.1) is 6.92 Å². The second-order valence-electron chi connectivity index (χ2n) is 4.73. The number of hydrogen-bond donors (Lipinski definition) is 1. The lowest BCUT2D eigenvalue weighted by molar-refractivity contribution is 0.555. The molecular formula is C14H17N. The Bertz CT molecular complexity index is 492. The van der Waals surface area contributed by atoms with Crippen molar-refractivity contribution in [1.82, 2.24) is 0 Å². The molecule has 0 aromatic heterocycles. The van der Waals surface area contributed by atoms with Crippen LogP contribution in [0.15, 0.2) is 36.4 Å². The fourth-order valence-corrected chi connectivity index (χ4v) is 1.85. The molecule has 0 unspecified atom stereocenters. The van der Waals surface area contributed by atoms with Gasteiger partial charge in [-0.1, -0.05) is 30.3 Å². The predicted molar refractivity (Wildman–Crippen MR) is 65.9 cm³/mol. The summed E-state index contributed by atoms with van der Waals surface area (Å²) < 4.78 is 0. The van der Waals surface area contributed by atoms with Crippen molar-refractivity contribution in [2.24, 2.45) is 5.73 Å². The molecule has 15 heavy (non-hydrogen) atoms. The molecule has 0 saturated carbocycles. The quantitative estimate of drug-likeness (QED) is 0.749. The zero-order chi connectivity index (χ0) is 11.1. The smallest absolute Gasteiger partial charge is 0.0352 e. The molecule has 0 radical (unpaired) electrons. The van der Waals surface area contributed by atoms with E-state index in [1.165, 1.54) is 21.9 Å². The van der Waals surface area contributed by atoms with E-state index < -0.39 is 0 Å². The predicted octanol–water partition coefficient (Wildman–Crippen LogP) is 3.34. The van der Waals surface area contributed by atoms with Crippen LogP contribution >= 0.6 is 0 Å². The van der Waals surface area contributed by atoms with Gasteiger partial charge in [0, 0.05) is 5.54 Å². The van der Waals surface area contributed by atoms with Crippen molar-refractivity contribution in [3.63, 3.8) is 0 Å². The lowest BCUT2D eigenvalue weighted by Gasteiger charge is -2.19. The molecule has 0 spiro atoms. The van der Waals surface area contributed by atoms with Crippen molar-refractivity contribution >= 4 is 10.8 Å². The van der Waals surface area contributed by atoms with Gasteiger partial charge in [0.2, 0.25) is 0 Å². The first-order valence-electron chi connectivity index (χ1n) is 5.27. The average Bonchev–Trinajstić information content (AvgIpc) is 2.16. The van der Waals surface area contributed by atoms with Crippen LogP contribution in [0.1, 0.15) is 25.0 Å². The summed E-state index contributed by atoms with van der Waals surface area (Å²) in [6.07, 6.45) is 0. The van der Waals surface area contributed by atoms with E-state index in [0.717, 1.165) is 0 Å². The summed E-state index contributed by atoms with van der Waals surface area (Å²) >= 11 is 0. The van der Waals surface area contributed by atoms with Crippen LogP contribution in [0.4, 0.5) is 0 Å². The lowest BCUT2D eigenvalue weighted by atomic mass is 9.92. The zero-order valence-electron chi connectivity index (χ0n) is 9.54. The molecule has 0 amide bonds. The number of fused-ring (bicyclic) bond motifs is 1. The first-order valence-corrected chi connectivity index (χ1v) is 5.27. The normalized spacial score (nSPS) is 12.0. The molecule has 0 fully saturated rings. The van der Waals surface area contributed by atoms with Crippen molar-refractivity contribution in [3.05, 3.63) is 47.5 Å². The van der Waals surface area contributed by atoms with Gasteiger partial charge in [0.1, 0.15) is 0 Å². The van der Waals surface area contributed by atoms with Gasteiger partial charge in [-0.25, -0.2) is 0 Å². The largest absolute Gasteiger partial charge is 0.322 e. The van der Waals surface area contributed by atoms with Gasteiger partial charge < -0.3 is 5.73 Å². The van der Waals surface area contributed by atoms with Crippen LogP contribution in [0.5, 0.6) is 0 Å². The minimum atomic E-state index is -0.266. The Labute approximate surface area is 90.9 Å². The fraction of sp³-hybridized carbons (Fsp3) is 0.286. The van der Waals surface area contributed by atoms with Gasteiger partial charge in [0.15, 0.2) is 0 Å². The topological polar surface area (TPSA) is 26.0 Å². The van der Waals surface area contributed by atoms with E-state index in [4.69, 9.17) is 5.73 Å². The Hall–Kier alpha value is -1.34. The van der Waals surface area contributed by atoms with Gasteiger partial charge in [-0.15, -0.1) is 0 Å². The number of rotatable bonds is 1. The molecule has 2 rings (SSSR count). The van der Waals surface area contributed by atoms with E-state index >= 15 is 0 Å². The molecule has 0 atom stereocenters. The highest BCUT2D eigenvalue weighted by molar-refractivity contribution is 5.86. The average molecular weight is 199 g/mol. The molecule has 78 valence electrons. The molecule has 0 aliphatic carbocycles. The molecule has 0 heterocycles. The van der Waals surface area contributed by atoms with Crippen molar-refractivity contribution in [3.8, 4) is 0 Å². The highest BCUT2D eigenvalue weighted by Crippen LogP contribution is 2.24. The first-order chi connectivity index (χ1) is 6.98. The molecule has 0 aliphatic heterocycles. The number of benzene rings is 2. The van der Waals surface area contributed by atoms with E-state index in [2.05, 4.69) is 43.3 Å². The fourth-order valence-electron chi connectivity index (χ4n) is 1.85. The Morgan fingerprint density at radius 3 is 2.47 bits per heavy atom. The van der Waals surface area contributed by atoms with Crippen LogP contribution in [-0.2, 0) is 5.54 Å². The molecule has 0 bridgehead atoms. The van der Waals surface area contributed by atoms with E-state index in [0.29, 0.717) is 0 Å². The Morgan fingerprint density at radius 2 is 1.80 bits per heavy atom. The summed E-state index contributed by atoms with van der Waals surface area (Å²) in [5, 5.41) is 2.58. The molecule has 2 aromatic carbocycles. The van der Waals surface area contributed by atoms with Crippen LogP contribution in [0.3, 0.4) is 0 Å². The van der Waals surface area contributed by atoms with Crippen molar-refractivity contribution < 1.29 is 0 Å². The summed E-state index contributed by atoms with van der Waals surface area (Å²) in [6, 6.07) is 12.8. The Balaban J connectivity index is 2.68. The monoisotopic (exact) mass is 199 g/mol. The number of nitrogens with two attached hydrogens (primary N) is 1. The highest BCUT2D eigenvalue weighted by atomic mass is 14.7. The van der Waals surface area contributed by atoms with Gasteiger partial charge >= 0.3 is 0 Å². The molecule has 0 saturated heterocycles. The van der Waals surface area contributed by atoms with E-state index in [1.54, 1.807) is 0 Å². The number of aryl methyl sites for hydroxylation is 1. The third kappa shape index (κ3) is 1.88. The van der Waals surface area contributed by atoms with Crippen LogP contribution in [0.25, 0.3) is 10.8 Å². The van der Waals surface area contributed by atoms with Gasteiger partial charge in [-0.2, -0.15) is 0 Å². The Kier molecular flexibility index (Phi) is 2.28. The summed E-state index contributed by atoms with van der Waals surface area (Å²) in [7, 11) is 0. The SMILES string of the molecule is Cc1cccc2cc(C(C)(C)N)ccc12. The minimum Gasteiger partial charge on any atom is -0.322 e. The maximum Gasteiger partial charge on any atom is 0.0352 e. The van der Waals surface area contributed by atoms with Gasteiger partial charge in [-0.05, 0) is 48.7 Å². The van der Waals surface area contributed by atoms with Gasteiger partial charge in [-0.3, -0.25) is 0 Å². The molecule has 2 aromatic rings. The molecule has 0 aliphatic rings. The molecular weight excluding hydrogens is 182 g/mol. The second kappa shape index (κ2) is 3.35. The summed E-state index contributed by atoms with van der Waals surface area (Å²) in [6.45, 7) is 6.20. The van der Waals surface area contributed by atoms with Crippen molar-refractivity contribution in [1.29, 1.82) is 0 Å². The van der Waals surface area contributed by atoms with E-state index in [1.807, 2.05) is 13.8 Å². The standard InChI is InChI=1S/C14H17N/c1-10-5-4-6-11-9-12(14(2,3)15)7-8-13(10)11/h4-9H,15H2,1-3H3. The summed E-state index contributed by atoms with van der Waals surface area (Å²) in [5.41, 5.74) is 8.31. The maximum atomic E-state index is 6.09. The van der Waals surface area contributed by atoms with Gasteiger partial charge in [0.05, 0.1) is 0 Å². The summed E-state index contributed by atoms with van der Waals surface area (Å²) in [4.78, 5) is 0. The van der Waals surface area contributed by atoms with Crippen molar-refractivity contribution in [2.45, 2.75) is 26.3 Å². The minimum absolute atomic E-state index is 0.266. The summed E-state index contributed by atoms with van der Waals surface area (Å²) in [5.74, 6) is 0. The first kappa shape index (κ1) is 10.2.